The average molecular weight is 355 g/mol. The van der Waals surface area contributed by atoms with Gasteiger partial charge in [0.25, 0.3) is 5.91 Å². The Bertz CT molecular complexity index is 1180. The molecule has 26 heavy (non-hydrogen) atoms. The summed E-state index contributed by atoms with van der Waals surface area (Å²) in [6.45, 7) is 0. The first kappa shape index (κ1) is 16.1. The highest BCUT2D eigenvalue weighted by atomic mass is 19.2. The number of nitrogens with zero attached hydrogens (tertiary/aromatic N) is 1. The number of aromatic amines is 1. The summed E-state index contributed by atoms with van der Waals surface area (Å²) < 4.78 is 40.9. The third kappa shape index (κ3) is 2.32. The van der Waals surface area contributed by atoms with Crippen molar-refractivity contribution in [2.24, 2.45) is 0 Å². The molecule has 0 saturated heterocycles. The Kier molecular flexibility index (Phi) is 3.64. The van der Waals surface area contributed by atoms with Crippen LogP contribution in [0.3, 0.4) is 0 Å². The van der Waals surface area contributed by atoms with Crippen LogP contribution in [-0.2, 0) is 0 Å². The fourth-order valence-corrected chi connectivity index (χ4v) is 3.02. The van der Waals surface area contributed by atoms with Crippen LogP contribution in [-0.4, -0.2) is 22.9 Å². The molecule has 0 bridgehead atoms. The fraction of sp³-hybridized carbons (Fsp3) is 0.0526. The first-order valence-corrected chi connectivity index (χ1v) is 7.78. The molecular weight excluding hydrogens is 343 g/mol. The van der Waals surface area contributed by atoms with Crippen molar-refractivity contribution in [2.75, 3.05) is 7.05 Å². The van der Waals surface area contributed by atoms with Gasteiger partial charge in [0.15, 0.2) is 17.5 Å². The van der Waals surface area contributed by atoms with Gasteiger partial charge < -0.3 is 10.3 Å². The zero-order valence-electron chi connectivity index (χ0n) is 13.5. The van der Waals surface area contributed by atoms with E-state index < -0.39 is 17.5 Å². The molecule has 0 radical (unpaired) electrons. The number of aromatic nitrogens is 2. The molecule has 4 aromatic rings. The molecule has 2 aromatic carbocycles. The summed E-state index contributed by atoms with van der Waals surface area (Å²) in [6.07, 6.45) is 1.45. The Hall–Kier alpha value is -3.35. The van der Waals surface area contributed by atoms with Gasteiger partial charge in [0.2, 0.25) is 0 Å². The first-order valence-electron chi connectivity index (χ1n) is 7.78. The highest BCUT2D eigenvalue weighted by Crippen LogP contribution is 2.32. The molecule has 2 aromatic heterocycles. The summed E-state index contributed by atoms with van der Waals surface area (Å²) in [5.41, 5.74) is 1.79. The first-order chi connectivity index (χ1) is 12.5. The van der Waals surface area contributed by atoms with Crippen LogP contribution in [0.25, 0.3) is 33.1 Å². The molecule has 0 aliphatic carbocycles. The number of carbonyl (C=O) groups is 1. The smallest absolute Gasteiger partial charge is 0.251 e. The molecule has 2 N–H and O–H groups in total. The van der Waals surface area contributed by atoms with E-state index in [1.54, 1.807) is 30.3 Å². The van der Waals surface area contributed by atoms with Gasteiger partial charge in [-0.2, -0.15) is 0 Å². The minimum absolute atomic E-state index is 0.125. The predicted molar refractivity (Wildman–Crippen MR) is 92.3 cm³/mol. The topological polar surface area (TPSA) is 57.8 Å². The predicted octanol–water partition coefficient (Wildman–Crippen LogP) is 4.16. The molecule has 0 saturated carbocycles. The lowest BCUT2D eigenvalue weighted by Gasteiger charge is -2.07. The van der Waals surface area contributed by atoms with Crippen LogP contribution >= 0.6 is 0 Å². The molecule has 0 aliphatic heterocycles. The lowest BCUT2D eigenvalue weighted by Crippen LogP contribution is -2.18. The SMILES string of the molecule is CNC(=O)c1cccc2nc(-c3c[nH]c4c(F)c(F)c(F)cc34)ccc12. The van der Waals surface area contributed by atoms with Crippen molar-refractivity contribution in [1.82, 2.24) is 15.3 Å². The molecule has 130 valence electrons. The number of nitrogens with one attached hydrogen (secondary N) is 2. The molecule has 4 nitrogen and oxygen atoms in total. The molecule has 4 rings (SSSR count). The van der Waals surface area contributed by atoms with Gasteiger partial charge in [0, 0.05) is 35.1 Å². The van der Waals surface area contributed by atoms with Gasteiger partial charge in [-0.3, -0.25) is 4.79 Å². The summed E-state index contributed by atoms with van der Waals surface area (Å²) in [4.78, 5) is 19.1. The molecule has 0 spiro atoms. The second-order valence-electron chi connectivity index (χ2n) is 5.76. The number of hydrogen-bond donors (Lipinski definition) is 2. The minimum Gasteiger partial charge on any atom is -0.358 e. The summed E-state index contributed by atoms with van der Waals surface area (Å²) in [5, 5.41) is 3.41. The van der Waals surface area contributed by atoms with E-state index in [1.165, 1.54) is 13.2 Å². The number of carbonyl (C=O) groups excluding carboxylic acids is 1. The Balaban J connectivity index is 1.93. The van der Waals surface area contributed by atoms with E-state index in [0.29, 0.717) is 27.7 Å². The van der Waals surface area contributed by atoms with Crippen molar-refractivity contribution < 1.29 is 18.0 Å². The quantitative estimate of drug-likeness (QED) is 0.531. The normalized spacial score (nSPS) is 11.2. The zero-order valence-corrected chi connectivity index (χ0v) is 13.5. The van der Waals surface area contributed by atoms with Crippen LogP contribution < -0.4 is 5.32 Å². The van der Waals surface area contributed by atoms with Crippen molar-refractivity contribution >= 4 is 27.7 Å². The summed E-state index contributed by atoms with van der Waals surface area (Å²) in [6, 6.07) is 9.43. The van der Waals surface area contributed by atoms with E-state index in [4.69, 9.17) is 0 Å². The number of H-pyrrole nitrogens is 1. The van der Waals surface area contributed by atoms with Crippen molar-refractivity contribution in [2.45, 2.75) is 0 Å². The fourth-order valence-electron chi connectivity index (χ4n) is 3.02. The molecule has 0 aliphatic rings. The average Bonchev–Trinajstić information content (AvgIpc) is 3.08. The van der Waals surface area contributed by atoms with Crippen LogP contribution in [0.15, 0.2) is 42.6 Å². The van der Waals surface area contributed by atoms with Crippen LogP contribution in [0, 0.1) is 17.5 Å². The number of pyridine rings is 1. The zero-order chi connectivity index (χ0) is 18.4. The lowest BCUT2D eigenvalue weighted by atomic mass is 10.0. The number of hydrogen-bond acceptors (Lipinski definition) is 2. The number of halogens is 3. The van der Waals surface area contributed by atoms with Crippen LogP contribution in [0.1, 0.15) is 10.4 Å². The monoisotopic (exact) mass is 355 g/mol. The van der Waals surface area contributed by atoms with E-state index in [0.717, 1.165) is 6.07 Å². The van der Waals surface area contributed by atoms with Gasteiger partial charge in [0.05, 0.1) is 16.7 Å². The number of rotatable bonds is 2. The van der Waals surface area contributed by atoms with Gasteiger partial charge in [-0.25, -0.2) is 18.2 Å². The van der Waals surface area contributed by atoms with Gasteiger partial charge >= 0.3 is 0 Å². The van der Waals surface area contributed by atoms with E-state index in [9.17, 15) is 18.0 Å². The van der Waals surface area contributed by atoms with E-state index in [1.807, 2.05) is 0 Å². The van der Waals surface area contributed by atoms with E-state index in [-0.39, 0.29) is 16.8 Å². The number of fused-ring (bicyclic) bond motifs is 2. The van der Waals surface area contributed by atoms with Gasteiger partial charge in [-0.1, -0.05) is 6.07 Å². The third-order valence-electron chi connectivity index (χ3n) is 4.29. The molecule has 0 atom stereocenters. The lowest BCUT2D eigenvalue weighted by molar-refractivity contribution is 0.0964. The number of amides is 1. The summed E-state index contributed by atoms with van der Waals surface area (Å²) in [5.74, 6) is -4.29. The van der Waals surface area contributed by atoms with Crippen molar-refractivity contribution in [1.29, 1.82) is 0 Å². The molecule has 1 amide bonds. The Labute approximate surface area is 145 Å². The van der Waals surface area contributed by atoms with Gasteiger partial charge in [0.1, 0.15) is 0 Å². The van der Waals surface area contributed by atoms with E-state index in [2.05, 4.69) is 15.3 Å². The largest absolute Gasteiger partial charge is 0.358 e. The molecule has 0 unspecified atom stereocenters. The van der Waals surface area contributed by atoms with Gasteiger partial charge in [-0.05, 0) is 30.3 Å². The Morgan fingerprint density at radius 1 is 1.08 bits per heavy atom. The highest BCUT2D eigenvalue weighted by Gasteiger charge is 2.18. The second-order valence-corrected chi connectivity index (χ2v) is 5.76. The molecule has 2 heterocycles. The van der Waals surface area contributed by atoms with Crippen LogP contribution in [0.5, 0.6) is 0 Å². The van der Waals surface area contributed by atoms with E-state index >= 15 is 0 Å². The van der Waals surface area contributed by atoms with Crippen molar-refractivity contribution in [3.8, 4) is 11.3 Å². The second kappa shape index (κ2) is 5.87. The Morgan fingerprint density at radius 2 is 1.88 bits per heavy atom. The van der Waals surface area contributed by atoms with Crippen molar-refractivity contribution in [3.63, 3.8) is 0 Å². The van der Waals surface area contributed by atoms with Crippen LogP contribution in [0.2, 0.25) is 0 Å². The summed E-state index contributed by atoms with van der Waals surface area (Å²) >= 11 is 0. The van der Waals surface area contributed by atoms with Crippen LogP contribution in [0.4, 0.5) is 13.2 Å². The third-order valence-corrected chi connectivity index (χ3v) is 4.29. The standard InChI is InChI=1S/C19H12F3N3O/c1-23-19(26)10-3-2-4-14-9(10)5-6-15(25-14)12-8-24-18-11(12)7-13(20)16(21)17(18)22/h2-8,24H,1H3,(H,23,26). The Morgan fingerprint density at radius 3 is 2.65 bits per heavy atom. The molecule has 0 fully saturated rings. The maximum Gasteiger partial charge on any atom is 0.251 e. The number of benzene rings is 2. The minimum atomic E-state index is -1.52. The highest BCUT2D eigenvalue weighted by molar-refractivity contribution is 6.06. The maximum atomic E-state index is 13.9. The van der Waals surface area contributed by atoms with Crippen molar-refractivity contribution in [3.05, 3.63) is 65.6 Å². The maximum absolute atomic E-state index is 13.9. The molecular formula is C19H12F3N3O. The molecule has 7 heteroatoms. The van der Waals surface area contributed by atoms with Gasteiger partial charge in [-0.15, -0.1) is 0 Å². The summed E-state index contributed by atoms with van der Waals surface area (Å²) in [7, 11) is 1.54.